The van der Waals surface area contributed by atoms with Crippen molar-refractivity contribution in [1.82, 2.24) is 9.13 Å². The van der Waals surface area contributed by atoms with Crippen LogP contribution in [0.3, 0.4) is 0 Å². The summed E-state index contributed by atoms with van der Waals surface area (Å²) in [7, 11) is 0. The third kappa shape index (κ3) is 4.63. The molecule has 2 nitrogen and oxygen atoms in total. The average Bonchev–Trinajstić information content (AvgIpc) is 4.13. The molecular formula is C72H39BN2. The third-order valence-corrected chi connectivity index (χ3v) is 18.0. The van der Waals surface area contributed by atoms with Crippen molar-refractivity contribution in [3.8, 4) is 22.5 Å². The molecule has 3 heteroatoms. The number of hydrogen-bond donors (Lipinski definition) is 0. The van der Waals surface area contributed by atoms with Crippen LogP contribution >= 0.6 is 0 Å². The summed E-state index contributed by atoms with van der Waals surface area (Å²) in [5.41, 5.74) is 14.2. The third-order valence-electron chi connectivity index (χ3n) is 18.0. The highest BCUT2D eigenvalue weighted by molar-refractivity contribution is 7.00. The summed E-state index contributed by atoms with van der Waals surface area (Å²) < 4.78 is 5.39. The summed E-state index contributed by atoms with van der Waals surface area (Å²) in [6.45, 7) is -0.0687. The lowest BCUT2D eigenvalue weighted by Crippen LogP contribution is -2.59. The first kappa shape index (κ1) is 38.9. The van der Waals surface area contributed by atoms with Crippen molar-refractivity contribution in [2.75, 3.05) is 0 Å². The molecule has 0 aliphatic carbocycles. The minimum atomic E-state index is -0.0687. The second kappa shape index (κ2) is 13.7. The lowest BCUT2D eigenvalue weighted by atomic mass is 9.34. The summed E-state index contributed by atoms with van der Waals surface area (Å²) in [5, 5.41) is 28.6. The summed E-state index contributed by atoms with van der Waals surface area (Å²) >= 11 is 0. The highest BCUT2D eigenvalue weighted by Crippen LogP contribution is 2.50. The van der Waals surface area contributed by atoms with Gasteiger partial charge in [-0.25, -0.2) is 0 Å². The van der Waals surface area contributed by atoms with E-state index in [0.717, 1.165) is 0 Å². The van der Waals surface area contributed by atoms with Crippen LogP contribution in [-0.4, -0.2) is 15.8 Å². The Hall–Kier alpha value is -9.70. The Morgan fingerprint density at radius 3 is 1.24 bits per heavy atom. The fourth-order valence-corrected chi connectivity index (χ4v) is 15.2. The fraction of sp³-hybridized carbons (Fsp3) is 0. The maximum atomic E-state index is 2.69. The van der Waals surface area contributed by atoms with Crippen molar-refractivity contribution in [1.29, 1.82) is 0 Å². The first-order valence-corrected chi connectivity index (χ1v) is 26.4. The molecule has 17 aromatic rings. The summed E-state index contributed by atoms with van der Waals surface area (Å²) in [6.07, 6.45) is 0. The molecule has 0 saturated carbocycles. The van der Waals surface area contributed by atoms with E-state index in [1.54, 1.807) is 0 Å². The molecule has 0 atom stereocenters. The summed E-state index contributed by atoms with van der Waals surface area (Å²) in [4.78, 5) is 0. The Labute approximate surface area is 429 Å². The second-order valence-electron chi connectivity index (χ2n) is 21.3. The molecule has 4 heterocycles. The lowest BCUT2D eigenvalue weighted by Gasteiger charge is -2.34. The van der Waals surface area contributed by atoms with Gasteiger partial charge in [0.2, 0.25) is 0 Å². The van der Waals surface area contributed by atoms with E-state index in [2.05, 4.69) is 246 Å². The van der Waals surface area contributed by atoms with E-state index >= 15 is 0 Å². The number of hydrogen-bond acceptors (Lipinski definition) is 0. The van der Waals surface area contributed by atoms with Gasteiger partial charge >= 0.3 is 0 Å². The number of nitrogens with zero attached hydrogens (tertiary/aromatic N) is 2. The normalized spacial score (nSPS) is 13.0. The Morgan fingerprint density at radius 2 is 0.653 bits per heavy atom. The van der Waals surface area contributed by atoms with Crippen molar-refractivity contribution in [3.63, 3.8) is 0 Å². The molecule has 0 bridgehead atoms. The van der Waals surface area contributed by atoms with Crippen LogP contribution in [0.5, 0.6) is 0 Å². The van der Waals surface area contributed by atoms with Crippen LogP contribution in [0.25, 0.3) is 163 Å². The van der Waals surface area contributed by atoms with E-state index < -0.39 is 0 Å². The molecule has 0 N–H and O–H groups in total. The van der Waals surface area contributed by atoms with E-state index in [0.29, 0.717) is 0 Å². The van der Waals surface area contributed by atoms with Crippen LogP contribution in [0.15, 0.2) is 237 Å². The highest BCUT2D eigenvalue weighted by atomic mass is 15.0. The number of benzene rings is 15. The van der Waals surface area contributed by atoms with Gasteiger partial charge in [-0.2, -0.15) is 0 Å². The maximum absolute atomic E-state index is 2.69. The monoisotopic (exact) mass is 942 g/mol. The van der Waals surface area contributed by atoms with E-state index in [4.69, 9.17) is 0 Å². The molecule has 340 valence electrons. The van der Waals surface area contributed by atoms with Gasteiger partial charge in [-0.3, -0.25) is 0 Å². The molecular weight excluding hydrogens is 904 g/mol. The predicted octanol–water partition coefficient (Wildman–Crippen LogP) is 17.1. The molecule has 0 saturated heterocycles. The van der Waals surface area contributed by atoms with E-state index in [1.165, 1.54) is 179 Å². The molecule has 19 rings (SSSR count). The lowest BCUT2D eigenvalue weighted by molar-refractivity contribution is 1.15. The van der Waals surface area contributed by atoms with Crippen LogP contribution in [0.2, 0.25) is 0 Å². The molecule has 0 fully saturated rings. The standard InChI is InChI=1S/C72H39BN2/c1-2-17-40(18-3-1)41-37-58-56-34-33-55-49-26-8-5-20-43(49)47-24-12-15-30-53(47)66(55)71(56)75-63-32-16-31-62-69(63)73(59(38-41)70(58)75)60-39-57-50-27-9-6-21-44(50)46-23-11-14-29-52(46)65(57)68-67-61(74(62)72(60)68)36-35-54-48-25-7-4-19-42(48)45-22-10-13-28-51(45)64(54)67/h1-39H. The van der Waals surface area contributed by atoms with Crippen LogP contribution in [0.4, 0.5) is 0 Å². The number of fused-ring (bicyclic) bond motifs is 31. The van der Waals surface area contributed by atoms with E-state index in [-0.39, 0.29) is 6.71 Å². The first-order chi connectivity index (χ1) is 37.3. The Balaban J connectivity index is 1.09. The van der Waals surface area contributed by atoms with Crippen molar-refractivity contribution in [2.24, 2.45) is 0 Å². The molecule has 2 aliphatic rings. The van der Waals surface area contributed by atoms with Gasteiger partial charge in [0.05, 0.1) is 16.6 Å². The largest absolute Gasteiger partial charge is 0.310 e. The Bertz CT molecular complexity index is 5470. The molecule has 0 radical (unpaired) electrons. The molecule has 15 aromatic carbocycles. The molecule has 0 amide bonds. The van der Waals surface area contributed by atoms with Gasteiger partial charge in [0, 0.05) is 54.6 Å². The average molecular weight is 943 g/mol. The molecule has 0 spiro atoms. The van der Waals surface area contributed by atoms with Crippen molar-refractivity contribution < 1.29 is 0 Å². The fourth-order valence-electron chi connectivity index (χ4n) is 15.2. The predicted molar refractivity (Wildman–Crippen MR) is 323 cm³/mol. The molecule has 75 heavy (non-hydrogen) atoms. The zero-order valence-corrected chi connectivity index (χ0v) is 40.5. The van der Waals surface area contributed by atoms with Gasteiger partial charge < -0.3 is 9.13 Å². The smallest absolute Gasteiger partial charge is 0.252 e. The zero-order chi connectivity index (χ0) is 48.4. The van der Waals surface area contributed by atoms with Crippen molar-refractivity contribution in [3.05, 3.63) is 237 Å². The molecule has 2 aliphatic heterocycles. The van der Waals surface area contributed by atoms with Crippen LogP contribution < -0.4 is 16.4 Å². The summed E-state index contributed by atoms with van der Waals surface area (Å²) in [6, 6.07) is 90.3. The SMILES string of the molecule is c1ccc(-c2cc3c4c(c2)c2ccc5c6ccccc6c6ccccc6c5c2n4-c2cccc4c2B3c2cc3c5ccccc5c5ccccc5c3c3c5c6c7ccccc7c7ccccc7c6ccc5n-4c23)cc1. The van der Waals surface area contributed by atoms with Crippen molar-refractivity contribution >= 4 is 164 Å². The second-order valence-corrected chi connectivity index (χ2v) is 21.3. The van der Waals surface area contributed by atoms with Crippen LogP contribution in [0.1, 0.15) is 0 Å². The van der Waals surface area contributed by atoms with E-state index in [9.17, 15) is 0 Å². The van der Waals surface area contributed by atoms with Gasteiger partial charge in [0.1, 0.15) is 0 Å². The van der Waals surface area contributed by atoms with Crippen LogP contribution in [-0.2, 0) is 0 Å². The van der Waals surface area contributed by atoms with Gasteiger partial charge in [-0.15, -0.1) is 0 Å². The van der Waals surface area contributed by atoms with Gasteiger partial charge in [-0.1, -0.05) is 212 Å². The summed E-state index contributed by atoms with van der Waals surface area (Å²) in [5.74, 6) is 0. The first-order valence-electron chi connectivity index (χ1n) is 26.4. The quantitative estimate of drug-likeness (QED) is 0.115. The van der Waals surface area contributed by atoms with Gasteiger partial charge in [-0.05, 0) is 133 Å². The molecule has 0 unspecified atom stereocenters. The van der Waals surface area contributed by atoms with E-state index in [1.807, 2.05) is 0 Å². The van der Waals surface area contributed by atoms with Crippen LogP contribution in [0, 0.1) is 0 Å². The minimum Gasteiger partial charge on any atom is -0.310 e. The van der Waals surface area contributed by atoms with Gasteiger partial charge in [0.25, 0.3) is 6.71 Å². The highest BCUT2D eigenvalue weighted by Gasteiger charge is 2.42. The number of aromatic nitrogens is 2. The zero-order valence-electron chi connectivity index (χ0n) is 40.5. The topological polar surface area (TPSA) is 9.86 Å². The maximum Gasteiger partial charge on any atom is 0.252 e. The number of rotatable bonds is 1. The molecule has 2 aromatic heterocycles. The Kier molecular flexibility index (Phi) is 7.09. The minimum absolute atomic E-state index is 0.0687. The van der Waals surface area contributed by atoms with Crippen molar-refractivity contribution in [2.45, 2.75) is 0 Å². The van der Waals surface area contributed by atoms with Gasteiger partial charge in [0.15, 0.2) is 0 Å². The Morgan fingerprint density at radius 1 is 0.227 bits per heavy atom.